The largest absolute Gasteiger partial charge is 0.465 e. The van der Waals surface area contributed by atoms with Gasteiger partial charge in [0.25, 0.3) is 8.32 Å². The van der Waals surface area contributed by atoms with Gasteiger partial charge < -0.3 is 9.16 Å². The van der Waals surface area contributed by atoms with Crippen LogP contribution in [0.5, 0.6) is 0 Å². The first-order chi connectivity index (χ1) is 12.4. The van der Waals surface area contributed by atoms with Gasteiger partial charge in [0, 0.05) is 5.92 Å². The summed E-state index contributed by atoms with van der Waals surface area (Å²) in [5.41, 5.74) is -0.396. The Morgan fingerprint density at radius 1 is 1.04 bits per heavy atom. The molecule has 26 heavy (non-hydrogen) atoms. The maximum absolute atomic E-state index is 12.3. The normalized spacial score (nSPS) is 24.9. The van der Waals surface area contributed by atoms with E-state index < -0.39 is 13.7 Å². The first-order valence-electron chi connectivity index (χ1n) is 9.32. The van der Waals surface area contributed by atoms with Gasteiger partial charge >= 0.3 is 5.97 Å². The van der Waals surface area contributed by atoms with E-state index in [0.29, 0.717) is 19.1 Å². The molecule has 0 amide bonds. The van der Waals surface area contributed by atoms with Crippen molar-refractivity contribution in [2.75, 3.05) is 13.2 Å². The number of cyclic esters (lactones) is 1. The van der Waals surface area contributed by atoms with Crippen molar-refractivity contribution in [2.45, 2.75) is 32.2 Å². The minimum Gasteiger partial charge on any atom is -0.465 e. The molecule has 2 atom stereocenters. The molecule has 0 spiro atoms. The van der Waals surface area contributed by atoms with Crippen molar-refractivity contribution in [1.82, 2.24) is 0 Å². The molecule has 2 aromatic rings. The summed E-state index contributed by atoms with van der Waals surface area (Å²) < 4.78 is 12.2. The van der Waals surface area contributed by atoms with Crippen LogP contribution in [0.25, 0.3) is 0 Å². The topological polar surface area (TPSA) is 35.5 Å². The Hall–Kier alpha value is -1.91. The summed E-state index contributed by atoms with van der Waals surface area (Å²) in [6, 6.07) is 21.1. The molecule has 4 rings (SSSR count). The number of esters is 1. The SMILES string of the molecule is CC(C)(C)[Si](OC[C@]12C[C@H]1COC2=O)(c1ccccc1)c1ccccc1. The van der Waals surface area contributed by atoms with Crippen LogP contribution >= 0.6 is 0 Å². The lowest BCUT2D eigenvalue weighted by Crippen LogP contribution is -2.67. The Balaban J connectivity index is 1.79. The van der Waals surface area contributed by atoms with Gasteiger partial charge in [-0.2, -0.15) is 0 Å². The first kappa shape index (κ1) is 17.5. The number of hydrogen-bond donors (Lipinski definition) is 0. The molecule has 1 aliphatic heterocycles. The Morgan fingerprint density at radius 3 is 1.96 bits per heavy atom. The second-order valence-electron chi connectivity index (χ2n) is 8.61. The molecule has 0 N–H and O–H groups in total. The molecule has 0 aromatic heterocycles. The van der Waals surface area contributed by atoms with Gasteiger partial charge in [0.05, 0.1) is 18.6 Å². The Bertz CT molecular complexity index is 758. The van der Waals surface area contributed by atoms with E-state index in [1.54, 1.807) is 0 Å². The molecule has 2 aromatic carbocycles. The van der Waals surface area contributed by atoms with E-state index in [2.05, 4.69) is 69.3 Å². The zero-order chi connectivity index (χ0) is 18.4. The van der Waals surface area contributed by atoms with Gasteiger partial charge in [-0.1, -0.05) is 81.4 Å². The fraction of sp³-hybridized carbons (Fsp3) is 0.409. The molecule has 1 saturated carbocycles. The number of ether oxygens (including phenoxy) is 1. The number of carbonyl (C=O) groups is 1. The molecule has 0 unspecified atom stereocenters. The summed E-state index contributed by atoms with van der Waals surface area (Å²) in [6.07, 6.45) is 0.907. The van der Waals surface area contributed by atoms with E-state index in [0.717, 1.165) is 6.42 Å². The third kappa shape index (κ3) is 2.55. The Kier molecular flexibility index (Phi) is 4.08. The second kappa shape index (κ2) is 6.07. The third-order valence-electron chi connectivity index (χ3n) is 6.02. The zero-order valence-corrected chi connectivity index (χ0v) is 16.7. The maximum atomic E-state index is 12.3. The lowest BCUT2D eigenvalue weighted by atomic mass is 10.1. The average molecular weight is 367 g/mol. The highest BCUT2D eigenvalue weighted by molar-refractivity contribution is 6.99. The summed E-state index contributed by atoms with van der Waals surface area (Å²) >= 11 is 0. The number of hydrogen-bond acceptors (Lipinski definition) is 3. The molecule has 1 aliphatic carbocycles. The van der Waals surface area contributed by atoms with Gasteiger partial charge in [0.1, 0.15) is 0 Å². The van der Waals surface area contributed by atoms with Crippen LogP contribution in [0.1, 0.15) is 27.2 Å². The maximum Gasteiger partial charge on any atom is 0.314 e. The summed E-state index contributed by atoms with van der Waals surface area (Å²) in [6.45, 7) is 7.80. The van der Waals surface area contributed by atoms with Gasteiger partial charge in [-0.25, -0.2) is 0 Å². The van der Waals surface area contributed by atoms with Crippen LogP contribution in [-0.2, 0) is 14.0 Å². The molecule has 2 aliphatic rings. The zero-order valence-electron chi connectivity index (χ0n) is 15.7. The molecule has 0 radical (unpaired) electrons. The lowest BCUT2D eigenvalue weighted by molar-refractivity contribution is -0.145. The quantitative estimate of drug-likeness (QED) is 0.602. The minimum atomic E-state index is -2.57. The molecular formula is C22H26O3Si. The summed E-state index contributed by atoms with van der Waals surface area (Å²) in [7, 11) is -2.57. The summed E-state index contributed by atoms with van der Waals surface area (Å²) in [4.78, 5) is 12.3. The second-order valence-corrected chi connectivity index (χ2v) is 12.9. The van der Waals surface area contributed by atoms with E-state index in [1.165, 1.54) is 10.4 Å². The molecule has 3 nitrogen and oxygen atoms in total. The number of benzene rings is 2. The molecule has 1 saturated heterocycles. The van der Waals surface area contributed by atoms with Crippen molar-refractivity contribution >= 4 is 24.7 Å². The molecule has 4 heteroatoms. The van der Waals surface area contributed by atoms with Crippen LogP contribution < -0.4 is 10.4 Å². The first-order valence-corrected chi connectivity index (χ1v) is 11.2. The monoisotopic (exact) mass is 366 g/mol. The average Bonchev–Trinajstić information content (AvgIpc) is 3.27. The molecule has 0 bridgehead atoms. The molecule has 136 valence electrons. The fourth-order valence-corrected chi connectivity index (χ4v) is 9.03. The highest BCUT2D eigenvalue weighted by atomic mass is 28.4. The van der Waals surface area contributed by atoms with Crippen molar-refractivity contribution in [3.05, 3.63) is 60.7 Å². The molecule has 1 heterocycles. The number of fused-ring (bicyclic) bond motifs is 1. The third-order valence-corrected chi connectivity index (χ3v) is 11.0. The smallest absolute Gasteiger partial charge is 0.314 e. The highest BCUT2D eigenvalue weighted by Gasteiger charge is 2.67. The van der Waals surface area contributed by atoms with E-state index in [1.807, 2.05) is 12.1 Å². The van der Waals surface area contributed by atoms with Crippen molar-refractivity contribution in [2.24, 2.45) is 11.3 Å². The van der Waals surface area contributed by atoms with E-state index in [9.17, 15) is 4.79 Å². The van der Waals surface area contributed by atoms with E-state index >= 15 is 0 Å². The van der Waals surface area contributed by atoms with Crippen molar-refractivity contribution in [3.8, 4) is 0 Å². The van der Waals surface area contributed by atoms with Gasteiger partial charge in [0.2, 0.25) is 0 Å². The predicted molar refractivity (Wildman–Crippen MR) is 105 cm³/mol. The highest BCUT2D eigenvalue weighted by Crippen LogP contribution is 2.58. The van der Waals surface area contributed by atoms with Crippen LogP contribution in [0.2, 0.25) is 5.04 Å². The summed E-state index contributed by atoms with van der Waals surface area (Å²) in [5.74, 6) is 0.272. The van der Waals surface area contributed by atoms with Crippen LogP contribution in [0.3, 0.4) is 0 Å². The molecular weight excluding hydrogens is 340 g/mol. The van der Waals surface area contributed by atoms with Gasteiger partial charge in [-0.15, -0.1) is 0 Å². The van der Waals surface area contributed by atoms with Crippen molar-refractivity contribution in [3.63, 3.8) is 0 Å². The van der Waals surface area contributed by atoms with E-state index in [4.69, 9.17) is 9.16 Å². The van der Waals surface area contributed by atoms with Gasteiger partial charge in [-0.05, 0) is 21.8 Å². The Morgan fingerprint density at radius 2 is 1.58 bits per heavy atom. The number of rotatable bonds is 5. The number of carbonyl (C=O) groups excluding carboxylic acids is 1. The van der Waals surface area contributed by atoms with Gasteiger partial charge in [0.15, 0.2) is 0 Å². The van der Waals surface area contributed by atoms with Crippen LogP contribution in [-0.4, -0.2) is 27.5 Å². The standard InChI is InChI=1S/C22H26O3Si/c1-21(2,3)26(18-10-6-4-7-11-18,19-12-8-5-9-13-19)25-16-22-14-17(22)15-24-20(22)23/h4-13,17H,14-16H2,1-3H3/t17-,22+/m0/s1. The van der Waals surface area contributed by atoms with Crippen LogP contribution in [0.4, 0.5) is 0 Å². The van der Waals surface area contributed by atoms with Gasteiger partial charge in [-0.3, -0.25) is 4.79 Å². The summed E-state index contributed by atoms with van der Waals surface area (Å²) in [5, 5.41) is 2.43. The van der Waals surface area contributed by atoms with Crippen molar-refractivity contribution < 1.29 is 14.0 Å². The van der Waals surface area contributed by atoms with E-state index in [-0.39, 0.29) is 11.0 Å². The predicted octanol–water partition coefficient (Wildman–Crippen LogP) is 3.13. The lowest BCUT2D eigenvalue weighted by Gasteiger charge is -2.43. The minimum absolute atomic E-state index is 0.0690. The van der Waals surface area contributed by atoms with Crippen LogP contribution in [0.15, 0.2) is 60.7 Å². The molecule has 2 fully saturated rings. The Labute approximate surface area is 156 Å². The van der Waals surface area contributed by atoms with Crippen molar-refractivity contribution in [1.29, 1.82) is 0 Å². The fourth-order valence-electron chi connectivity index (χ4n) is 4.40. The van der Waals surface area contributed by atoms with Crippen LogP contribution in [0, 0.1) is 11.3 Å².